The van der Waals surface area contributed by atoms with E-state index in [0.29, 0.717) is 23.7 Å². The maximum Gasteiger partial charge on any atom is 0.261 e. The number of carbonyl (C=O) groups excluding carboxylic acids is 1. The van der Waals surface area contributed by atoms with Gasteiger partial charge in [0.1, 0.15) is 5.75 Å². The molecule has 3 nitrogen and oxygen atoms in total. The third-order valence-electron chi connectivity index (χ3n) is 3.69. The van der Waals surface area contributed by atoms with E-state index in [1.807, 2.05) is 25.1 Å². The number of amides is 1. The SMILES string of the molecule is CC[C@H](Oc1cccc(Cl)c1)C(=O)NC[C@H](C)c1ccccc1. The van der Waals surface area contributed by atoms with Gasteiger partial charge in [0.05, 0.1) is 0 Å². The topological polar surface area (TPSA) is 38.3 Å². The second-order valence-corrected chi connectivity index (χ2v) is 5.97. The molecule has 0 spiro atoms. The first-order chi connectivity index (χ1) is 11.1. The Morgan fingerprint density at radius 3 is 2.57 bits per heavy atom. The van der Waals surface area contributed by atoms with Crippen molar-refractivity contribution in [2.45, 2.75) is 32.3 Å². The predicted molar refractivity (Wildman–Crippen MR) is 94.0 cm³/mol. The van der Waals surface area contributed by atoms with Gasteiger partial charge >= 0.3 is 0 Å². The molecule has 0 aliphatic heterocycles. The maximum atomic E-state index is 12.3. The number of hydrogen-bond donors (Lipinski definition) is 1. The molecule has 0 fully saturated rings. The fourth-order valence-corrected chi connectivity index (χ4v) is 2.47. The number of hydrogen-bond acceptors (Lipinski definition) is 2. The number of ether oxygens (including phenoxy) is 1. The van der Waals surface area contributed by atoms with Crippen molar-refractivity contribution in [3.8, 4) is 5.75 Å². The lowest BCUT2D eigenvalue weighted by Crippen LogP contribution is -2.39. The summed E-state index contributed by atoms with van der Waals surface area (Å²) in [7, 11) is 0. The largest absolute Gasteiger partial charge is 0.481 e. The van der Waals surface area contributed by atoms with E-state index in [1.165, 1.54) is 5.56 Å². The van der Waals surface area contributed by atoms with Crippen molar-refractivity contribution in [2.24, 2.45) is 0 Å². The highest BCUT2D eigenvalue weighted by molar-refractivity contribution is 6.30. The first kappa shape index (κ1) is 17.4. The Balaban J connectivity index is 1.90. The van der Waals surface area contributed by atoms with Gasteiger partial charge in [-0.15, -0.1) is 0 Å². The van der Waals surface area contributed by atoms with Gasteiger partial charge in [-0.05, 0) is 36.1 Å². The quantitative estimate of drug-likeness (QED) is 0.815. The minimum Gasteiger partial charge on any atom is -0.481 e. The second kappa shape index (κ2) is 8.59. The molecule has 1 amide bonds. The average molecular weight is 332 g/mol. The van der Waals surface area contributed by atoms with Crippen LogP contribution >= 0.6 is 11.6 Å². The van der Waals surface area contributed by atoms with Crippen molar-refractivity contribution in [1.82, 2.24) is 5.32 Å². The predicted octanol–water partition coefficient (Wildman–Crippen LogP) is 4.42. The lowest BCUT2D eigenvalue weighted by Gasteiger charge is -2.19. The van der Waals surface area contributed by atoms with E-state index >= 15 is 0 Å². The highest BCUT2D eigenvalue weighted by atomic mass is 35.5. The van der Waals surface area contributed by atoms with E-state index in [1.54, 1.807) is 24.3 Å². The van der Waals surface area contributed by atoms with Crippen LogP contribution in [-0.4, -0.2) is 18.6 Å². The highest BCUT2D eigenvalue weighted by Crippen LogP contribution is 2.19. The van der Waals surface area contributed by atoms with Crippen LogP contribution in [0.3, 0.4) is 0 Å². The van der Waals surface area contributed by atoms with Crippen molar-refractivity contribution in [1.29, 1.82) is 0 Å². The lowest BCUT2D eigenvalue weighted by molar-refractivity contribution is -0.128. The van der Waals surface area contributed by atoms with Crippen molar-refractivity contribution >= 4 is 17.5 Å². The summed E-state index contributed by atoms with van der Waals surface area (Å²) in [5.74, 6) is 0.759. The van der Waals surface area contributed by atoms with Crippen LogP contribution in [0.1, 0.15) is 31.7 Å². The Hall–Kier alpha value is -2.00. The third-order valence-corrected chi connectivity index (χ3v) is 3.92. The van der Waals surface area contributed by atoms with Crippen LogP contribution in [0.15, 0.2) is 54.6 Å². The summed E-state index contributed by atoms with van der Waals surface area (Å²) in [6.07, 6.45) is 0.0781. The zero-order chi connectivity index (χ0) is 16.7. The molecule has 122 valence electrons. The summed E-state index contributed by atoms with van der Waals surface area (Å²) in [6.45, 7) is 4.60. The number of halogens is 1. The molecule has 23 heavy (non-hydrogen) atoms. The van der Waals surface area contributed by atoms with Crippen LogP contribution in [0, 0.1) is 0 Å². The minimum atomic E-state index is -0.517. The van der Waals surface area contributed by atoms with E-state index in [4.69, 9.17) is 16.3 Å². The van der Waals surface area contributed by atoms with Crippen molar-refractivity contribution in [3.63, 3.8) is 0 Å². The lowest BCUT2D eigenvalue weighted by atomic mass is 10.0. The van der Waals surface area contributed by atoms with Crippen LogP contribution in [0.2, 0.25) is 5.02 Å². The first-order valence-corrected chi connectivity index (χ1v) is 8.22. The zero-order valence-corrected chi connectivity index (χ0v) is 14.2. The Morgan fingerprint density at radius 2 is 1.91 bits per heavy atom. The van der Waals surface area contributed by atoms with E-state index in [-0.39, 0.29) is 11.8 Å². The second-order valence-electron chi connectivity index (χ2n) is 5.53. The molecule has 2 aromatic rings. The first-order valence-electron chi connectivity index (χ1n) is 7.85. The van der Waals surface area contributed by atoms with E-state index in [0.717, 1.165) is 0 Å². The molecule has 0 saturated carbocycles. The average Bonchev–Trinajstić information content (AvgIpc) is 2.58. The highest BCUT2D eigenvalue weighted by Gasteiger charge is 2.19. The van der Waals surface area contributed by atoms with E-state index in [2.05, 4.69) is 24.4 Å². The number of benzene rings is 2. The summed E-state index contributed by atoms with van der Waals surface area (Å²) in [4.78, 5) is 12.3. The van der Waals surface area contributed by atoms with Gasteiger partial charge in [-0.2, -0.15) is 0 Å². The molecule has 0 bridgehead atoms. The molecule has 2 rings (SSSR count). The molecule has 0 aliphatic rings. The molecule has 0 heterocycles. The van der Waals surface area contributed by atoms with Gasteiger partial charge in [0.25, 0.3) is 5.91 Å². The smallest absolute Gasteiger partial charge is 0.261 e. The van der Waals surface area contributed by atoms with Crippen LogP contribution < -0.4 is 10.1 Å². The number of carbonyl (C=O) groups is 1. The van der Waals surface area contributed by atoms with Gasteiger partial charge < -0.3 is 10.1 Å². The summed E-state index contributed by atoms with van der Waals surface area (Å²) in [6, 6.07) is 17.2. The van der Waals surface area contributed by atoms with Gasteiger partial charge in [0.15, 0.2) is 6.10 Å². The van der Waals surface area contributed by atoms with E-state index < -0.39 is 6.10 Å². The fourth-order valence-electron chi connectivity index (χ4n) is 2.29. The Labute approximate surface area is 142 Å². The van der Waals surface area contributed by atoms with Gasteiger partial charge in [0.2, 0.25) is 0 Å². The standard InChI is InChI=1S/C19H22ClNO2/c1-3-18(23-17-11-7-10-16(20)12-17)19(22)21-13-14(2)15-8-5-4-6-9-15/h4-12,14,18H,3,13H2,1-2H3,(H,21,22)/t14-,18-/m0/s1. The molecule has 0 saturated heterocycles. The maximum absolute atomic E-state index is 12.3. The summed E-state index contributed by atoms with van der Waals surface area (Å²) in [5, 5.41) is 3.56. The van der Waals surface area contributed by atoms with Gasteiger partial charge in [-0.1, -0.05) is 61.8 Å². The molecule has 2 aromatic carbocycles. The number of nitrogens with one attached hydrogen (secondary N) is 1. The molecular formula is C19H22ClNO2. The Kier molecular flexibility index (Phi) is 6.48. The molecule has 0 aliphatic carbocycles. The third kappa shape index (κ3) is 5.29. The van der Waals surface area contributed by atoms with Crippen LogP contribution in [0.5, 0.6) is 5.75 Å². The summed E-state index contributed by atoms with van der Waals surface area (Å²) >= 11 is 5.94. The van der Waals surface area contributed by atoms with Gasteiger partial charge in [-0.25, -0.2) is 0 Å². The molecular weight excluding hydrogens is 310 g/mol. The van der Waals surface area contributed by atoms with Crippen molar-refractivity contribution in [2.75, 3.05) is 6.54 Å². The van der Waals surface area contributed by atoms with Crippen LogP contribution in [0.4, 0.5) is 0 Å². The Morgan fingerprint density at radius 1 is 1.17 bits per heavy atom. The van der Waals surface area contributed by atoms with Gasteiger partial charge in [-0.3, -0.25) is 4.79 Å². The zero-order valence-electron chi connectivity index (χ0n) is 13.5. The monoisotopic (exact) mass is 331 g/mol. The molecule has 4 heteroatoms. The van der Waals surface area contributed by atoms with Crippen LogP contribution in [-0.2, 0) is 4.79 Å². The fraction of sp³-hybridized carbons (Fsp3) is 0.316. The van der Waals surface area contributed by atoms with Crippen LogP contribution in [0.25, 0.3) is 0 Å². The summed E-state index contributed by atoms with van der Waals surface area (Å²) in [5.41, 5.74) is 1.21. The molecule has 2 atom stereocenters. The number of rotatable bonds is 7. The summed E-state index contributed by atoms with van der Waals surface area (Å²) < 4.78 is 5.75. The molecule has 1 N–H and O–H groups in total. The normalized spacial score (nSPS) is 13.2. The molecule has 0 radical (unpaired) electrons. The molecule has 0 unspecified atom stereocenters. The van der Waals surface area contributed by atoms with Crippen molar-refractivity contribution < 1.29 is 9.53 Å². The van der Waals surface area contributed by atoms with Gasteiger partial charge in [0, 0.05) is 11.6 Å². The molecule has 0 aromatic heterocycles. The van der Waals surface area contributed by atoms with E-state index in [9.17, 15) is 4.79 Å². The van der Waals surface area contributed by atoms with Crippen molar-refractivity contribution in [3.05, 3.63) is 65.2 Å². The minimum absolute atomic E-state index is 0.102. The Bertz CT molecular complexity index is 630.